The van der Waals surface area contributed by atoms with E-state index >= 15 is 0 Å². The lowest BCUT2D eigenvalue weighted by Crippen LogP contribution is -2.21. The second-order valence-corrected chi connectivity index (χ2v) is 8.08. The van der Waals surface area contributed by atoms with Gasteiger partial charge in [0.1, 0.15) is 0 Å². The molecule has 8 nitrogen and oxygen atoms in total. The minimum absolute atomic E-state index is 0.0797. The van der Waals surface area contributed by atoms with Gasteiger partial charge in [-0.2, -0.15) is 5.26 Å². The number of nitrogens with zero attached hydrogens (tertiary/aromatic N) is 5. The van der Waals surface area contributed by atoms with E-state index in [1.54, 1.807) is 34.7 Å². The lowest BCUT2D eigenvalue weighted by atomic mass is 10.2. The van der Waals surface area contributed by atoms with E-state index in [0.29, 0.717) is 38.8 Å². The molecule has 0 aliphatic carbocycles. The number of rotatable bonds is 5. The molecule has 0 atom stereocenters. The number of benzene rings is 3. The Kier molecular flexibility index (Phi) is 5.34. The normalized spacial score (nSPS) is 10.9. The van der Waals surface area contributed by atoms with Gasteiger partial charge in [0.15, 0.2) is 5.16 Å². The van der Waals surface area contributed by atoms with Crippen LogP contribution in [0.3, 0.4) is 0 Å². The summed E-state index contributed by atoms with van der Waals surface area (Å²) >= 11 is 1.22. The summed E-state index contributed by atoms with van der Waals surface area (Å²) in [4.78, 5) is 25.8. The molecule has 0 bridgehead atoms. The first kappa shape index (κ1) is 20.5. The maximum Gasteiger partial charge on any atom is 0.267 e. The van der Waals surface area contributed by atoms with Gasteiger partial charge in [0, 0.05) is 5.69 Å². The van der Waals surface area contributed by atoms with E-state index in [9.17, 15) is 9.59 Å². The topological polar surface area (TPSA) is 105 Å². The second kappa shape index (κ2) is 8.61. The second-order valence-electron chi connectivity index (χ2n) is 7.14. The van der Waals surface area contributed by atoms with Crippen LogP contribution in [0.25, 0.3) is 22.4 Å². The van der Waals surface area contributed by atoms with E-state index in [-0.39, 0.29) is 17.2 Å². The number of fused-ring (bicyclic) bond motifs is 3. The quantitative estimate of drug-likeness (QED) is 0.408. The average Bonchev–Trinajstić information content (AvgIpc) is 3.27. The minimum atomic E-state index is -0.243. The fourth-order valence-corrected chi connectivity index (χ4v) is 4.32. The number of amides is 1. The molecule has 160 valence electrons. The van der Waals surface area contributed by atoms with Gasteiger partial charge in [-0.25, -0.2) is 4.57 Å². The van der Waals surface area contributed by atoms with Crippen molar-refractivity contribution in [1.29, 1.82) is 5.26 Å². The molecule has 0 aliphatic rings. The van der Waals surface area contributed by atoms with Crippen LogP contribution in [0.1, 0.15) is 5.56 Å². The van der Waals surface area contributed by atoms with Crippen LogP contribution >= 0.6 is 11.8 Å². The maximum atomic E-state index is 13.3. The Morgan fingerprint density at radius 2 is 1.79 bits per heavy atom. The third kappa shape index (κ3) is 3.84. The number of anilines is 1. The predicted molar refractivity (Wildman–Crippen MR) is 127 cm³/mol. The van der Waals surface area contributed by atoms with E-state index in [0.717, 1.165) is 0 Å². The number of nitriles is 1. The molecule has 0 unspecified atom stereocenters. The Morgan fingerprint density at radius 1 is 1.00 bits per heavy atom. The zero-order valence-electron chi connectivity index (χ0n) is 17.2. The Bertz CT molecular complexity index is 1600. The number of thioether (sulfide) groups is 1. The van der Waals surface area contributed by atoms with Gasteiger partial charge in [-0.1, -0.05) is 48.2 Å². The number of para-hydroxylation sites is 2. The summed E-state index contributed by atoms with van der Waals surface area (Å²) in [6.07, 6.45) is 0. The highest BCUT2D eigenvalue weighted by Crippen LogP contribution is 2.23. The molecule has 2 aromatic heterocycles. The van der Waals surface area contributed by atoms with Crippen molar-refractivity contribution in [3.05, 3.63) is 94.8 Å². The van der Waals surface area contributed by atoms with Gasteiger partial charge < -0.3 is 5.32 Å². The minimum Gasteiger partial charge on any atom is -0.325 e. The molecule has 0 fully saturated rings. The van der Waals surface area contributed by atoms with Crippen molar-refractivity contribution in [2.24, 2.45) is 0 Å². The first-order chi connectivity index (χ1) is 16.2. The summed E-state index contributed by atoms with van der Waals surface area (Å²) in [5.74, 6) is 0.207. The van der Waals surface area contributed by atoms with Crippen LogP contribution in [0.15, 0.2) is 88.8 Å². The Balaban J connectivity index is 1.52. The molecular formula is C24H16N6O2S. The van der Waals surface area contributed by atoms with Crippen LogP contribution in [0.4, 0.5) is 5.69 Å². The van der Waals surface area contributed by atoms with E-state index in [2.05, 4.69) is 15.5 Å². The molecule has 0 radical (unpaired) electrons. The van der Waals surface area contributed by atoms with Crippen LogP contribution in [-0.4, -0.2) is 30.8 Å². The van der Waals surface area contributed by atoms with E-state index < -0.39 is 0 Å². The summed E-state index contributed by atoms with van der Waals surface area (Å²) < 4.78 is 3.31. The Morgan fingerprint density at radius 3 is 2.61 bits per heavy atom. The lowest BCUT2D eigenvalue weighted by molar-refractivity contribution is -0.113. The van der Waals surface area contributed by atoms with Crippen LogP contribution < -0.4 is 10.9 Å². The molecule has 5 aromatic rings. The van der Waals surface area contributed by atoms with E-state index in [4.69, 9.17) is 5.26 Å². The number of carbonyl (C=O) groups excluding carboxylic acids is 1. The molecule has 0 spiro atoms. The lowest BCUT2D eigenvalue weighted by Gasteiger charge is -2.11. The predicted octanol–water partition coefficient (Wildman–Crippen LogP) is 3.64. The molecule has 1 amide bonds. The largest absolute Gasteiger partial charge is 0.325 e. The zero-order chi connectivity index (χ0) is 22.8. The van der Waals surface area contributed by atoms with Gasteiger partial charge in [0.25, 0.3) is 5.56 Å². The van der Waals surface area contributed by atoms with Crippen molar-refractivity contribution >= 4 is 40.0 Å². The number of aromatic nitrogens is 4. The monoisotopic (exact) mass is 452 g/mol. The molecule has 0 saturated heterocycles. The maximum absolute atomic E-state index is 13.3. The Hall–Kier alpha value is -4.42. The fourth-order valence-electron chi connectivity index (χ4n) is 3.58. The van der Waals surface area contributed by atoms with Gasteiger partial charge >= 0.3 is 0 Å². The SMILES string of the molecule is N#Cc1cccc(NC(=O)CSc2nnc3n(-c4ccccc4)c(=O)c4ccccc4n23)c1. The van der Waals surface area contributed by atoms with Gasteiger partial charge in [-0.05, 0) is 42.5 Å². The molecular weight excluding hydrogens is 436 g/mol. The van der Waals surface area contributed by atoms with E-state index in [1.165, 1.54) is 16.3 Å². The van der Waals surface area contributed by atoms with Crippen molar-refractivity contribution < 1.29 is 4.79 Å². The highest BCUT2D eigenvalue weighted by molar-refractivity contribution is 7.99. The third-order valence-corrected chi connectivity index (χ3v) is 5.95. The first-order valence-corrected chi connectivity index (χ1v) is 11.0. The highest BCUT2D eigenvalue weighted by Gasteiger charge is 2.18. The standard InChI is InChI=1S/C24H16N6O2S/c25-14-16-7-6-8-17(13-16)26-21(31)15-33-24-28-27-23-29(18-9-2-1-3-10-18)22(32)19-11-4-5-12-20(19)30(23)24/h1-13H,15H2,(H,26,31). The summed E-state index contributed by atoms with van der Waals surface area (Å²) in [6.45, 7) is 0. The number of nitrogens with one attached hydrogen (secondary N) is 1. The molecule has 3 aromatic carbocycles. The first-order valence-electron chi connectivity index (χ1n) is 10.0. The van der Waals surface area contributed by atoms with Gasteiger partial charge in [-0.3, -0.25) is 14.0 Å². The van der Waals surface area contributed by atoms with Crippen molar-refractivity contribution in [3.63, 3.8) is 0 Å². The van der Waals surface area contributed by atoms with Gasteiger partial charge in [0.05, 0.1) is 34.0 Å². The van der Waals surface area contributed by atoms with Crippen molar-refractivity contribution in [2.45, 2.75) is 5.16 Å². The fraction of sp³-hybridized carbons (Fsp3) is 0.0417. The van der Waals surface area contributed by atoms with Crippen LogP contribution in [0.2, 0.25) is 0 Å². The van der Waals surface area contributed by atoms with Crippen LogP contribution in [-0.2, 0) is 4.79 Å². The van der Waals surface area contributed by atoms with Crippen molar-refractivity contribution in [2.75, 3.05) is 11.1 Å². The van der Waals surface area contributed by atoms with Crippen LogP contribution in [0.5, 0.6) is 0 Å². The summed E-state index contributed by atoms with van der Waals surface area (Å²) in [6, 6.07) is 25.3. The molecule has 5 rings (SSSR count). The molecule has 1 N–H and O–H groups in total. The van der Waals surface area contributed by atoms with Gasteiger partial charge in [0.2, 0.25) is 11.7 Å². The molecule has 0 saturated carbocycles. The third-order valence-electron chi connectivity index (χ3n) is 5.02. The molecule has 9 heteroatoms. The molecule has 2 heterocycles. The van der Waals surface area contributed by atoms with Gasteiger partial charge in [-0.15, -0.1) is 10.2 Å². The summed E-state index contributed by atoms with van der Waals surface area (Å²) in [7, 11) is 0. The zero-order valence-corrected chi connectivity index (χ0v) is 18.0. The van der Waals surface area contributed by atoms with Crippen LogP contribution in [0, 0.1) is 11.3 Å². The number of hydrogen-bond acceptors (Lipinski definition) is 6. The summed E-state index contributed by atoms with van der Waals surface area (Å²) in [5.41, 5.74) is 2.17. The number of hydrogen-bond donors (Lipinski definition) is 1. The average molecular weight is 452 g/mol. The van der Waals surface area contributed by atoms with Crippen molar-refractivity contribution in [3.8, 4) is 11.8 Å². The van der Waals surface area contributed by atoms with Crippen molar-refractivity contribution in [1.82, 2.24) is 19.2 Å². The number of carbonyl (C=O) groups is 1. The smallest absolute Gasteiger partial charge is 0.267 e. The molecule has 33 heavy (non-hydrogen) atoms. The molecule has 0 aliphatic heterocycles. The highest BCUT2D eigenvalue weighted by atomic mass is 32.2. The van der Waals surface area contributed by atoms with E-state index in [1.807, 2.05) is 54.6 Å². The Labute approximate surface area is 192 Å². The summed E-state index contributed by atoms with van der Waals surface area (Å²) in [5, 5.41) is 21.4.